The van der Waals surface area contributed by atoms with E-state index in [4.69, 9.17) is 15.5 Å². The van der Waals surface area contributed by atoms with Crippen molar-refractivity contribution in [3.8, 4) is 0 Å². The van der Waals surface area contributed by atoms with Gasteiger partial charge in [0, 0.05) is 18.8 Å². The summed E-state index contributed by atoms with van der Waals surface area (Å²) in [5.41, 5.74) is 7.88. The minimum Gasteiger partial charge on any atom is -0.374 e. The molecule has 1 aliphatic heterocycles. The van der Waals surface area contributed by atoms with Gasteiger partial charge in [-0.2, -0.15) is 0 Å². The van der Waals surface area contributed by atoms with Crippen LogP contribution in [-0.4, -0.2) is 30.3 Å². The van der Waals surface area contributed by atoms with Crippen LogP contribution in [0.25, 0.3) is 0 Å². The van der Waals surface area contributed by atoms with E-state index in [2.05, 4.69) is 17.0 Å². The largest absolute Gasteiger partial charge is 0.374 e. The molecule has 1 saturated carbocycles. The zero-order chi connectivity index (χ0) is 12.5. The van der Waals surface area contributed by atoms with Crippen molar-refractivity contribution in [2.75, 3.05) is 18.1 Å². The van der Waals surface area contributed by atoms with Gasteiger partial charge in [-0.25, -0.2) is 4.98 Å². The first kappa shape index (κ1) is 11.9. The lowest BCUT2D eigenvalue weighted by atomic mass is 10.1. The SMILES string of the molecule is Cc1nc(N2CCOC3CCCC32)ccc1CN. The average molecular weight is 247 g/mol. The lowest BCUT2D eigenvalue weighted by molar-refractivity contribution is 0.0253. The standard InChI is InChI=1S/C14H21N3O/c1-10-11(9-15)5-6-14(16-10)17-7-8-18-13-4-2-3-12(13)17/h5-6,12-13H,2-4,7-9,15H2,1H3. The van der Waals surface area contributed by atoms with Gasteiger partial charge >= 0.3 is 0 Å². The van der Waals surface area contributed by atoms with Crippen LogP contribution in [0.3, 0.4) is 0 Å². The summed E-state index contributed by atoms with van der Waals surface area (Å²) in [6.45, 7) is 4.38. The van der Waals surface area contributed by atoms with Gasteiger partial charge in [0.05, 0.1) is 18.8 Å². The number of rotatable bonds is 2. The summed E-state index contributed by atoms with van der Waals surface area (Å²) >= 11 is 0. The molecule has 0 spiro atoms. The Bertz CT molecular complexity index is 435. The van der Waals surface area contributed by atoms with E-state index in [1.54, 1.807) is 0 Å². The molecule has 2 atom stereocenters. The molecule has 0 amide bonds. The van der Waals surface area contributed by atoms with E-state index < -0.39 is 0 Å². The number of aromatic nitrogens is 1. The summed E-state index contributed by atoms with van der Waals surface area (Å²) in [5.74, 6) is 1.09. The fourth-order valence-electron chi connectivity index (χ4n) is 3.16. The molecule has 0 bridgehead atoms. The number of pyridine rings is 1. The minimum atomic E-state index is 0.412. The zero-order valence-corrected chi connectivity index (χ0v) is 10.9. The fourth-order valence-corrected chi connectivity index (χ4v) is 3.16. The second kappa shape index (κ2) is 4.86. The van der Waals surface area contributed by atoms with Crippen LogP contribution in [0, 0.1) is 6.92 Å². The van der Waals surface area contributed by atoms with E-state index in [-0.39, 0.29) is 0 Å². The Kier molecular flexibility index (Phi) is 3.22. The third-order valence-corrected chi connectivity index (χ3v) is 4.18. The molecule has 98 valence electrons. The van der Waals surface area contributed by atoms with Crippen LogP contribution >= 0.6 is 0 Å². The molecule has 0 aromatic carbocycles. The normalized spacial score (nSPS) is 27.3. The lowest BCUT2D eigenvalue weighted by Crippen LogP contribution is -2.49. The first-order valence-corrected chi connectivity index (χ1v) is 6.84. The molecular weight excluding hydrogens is 226 g/mol. The molecule has 2 N–H and O–H groups in total. The molecule has 2 aliphatic rings. The molecular formula is C14H21N3O. The minimum absolute atomic E-state index is 0.412. The van der Waals surface area contributed by atoms with Crippen molar-refractivity contribution in [2.24, 2.45) is 5.73 Å². The van der Waals surface area contributed by atoms with Crippen LogP contribution in [0.15, 0.2) is 12.1 Å². The molecule has 18 heavy (non-hydrogen) atoms. The number of morpholine rings is 1. The summed E-state index contributed by atoms with van der Waals surface area (Å²) < 4.78 is 5.84. The van der Waals surface area contributed by atoms with E-state index in [1.807, 2.05) is 6.92 Å². The molecule has 4 nitrogen and oxygen atoms in total. The summed E-state index contributed by atoms with van der Waals surface area (Å²) in [6.07, 6.45) is 4.10. The van der Waals surface area contributed by atoms with Gasteiger partial charge in [0.15, 0.2) is 0 Å². The molecule has 2 fully saturated rings. The van der Waals surface area contributed by atoms with Crippen molar-refractivity contribution < 1.29 is 4.74 Å². The average Bonchev–Trinajstić information content (AvgIpc) is 2.86. The lowest BCUT2D eigenvalue weighted by Gasteiger charge is -2.38. The van der Waals surface area contributed by atoms with Crippen LogP contribution in [-0.2, 0) is 11.3 Å². The van der Waals surface area contributed by atoms with E-state index in [9.17, 15) is 0 Å². The van der Waals surface area contributed by atoms with Crippen LogP contribution in [0.5, 0.6) is 0 Å². The molecule has 2 unspecified atom stereocenters. The number of ether oxygens (including phenoxy) is 1. The van der Waals surface area contributed by atoms with Gasteiger partial charge in [0.25, 0.3) is 0 Å². The third-order valence-electron chi connectivity index (χ3n) is 4.18. The smallest absolute Gasteiger partial charge is 0.129 e. The maximum atomic E-state index is 5.84. The molecule has 1 aromatic rings. The van der Waals surface area contributed by atoms with Crippen LogP contribution in [0.2, 0.25) is 0 Å². The highest BCUT2D eigenvalue weighted by Crippen LogP contribution is 2.32. The highest BCUT2D eigenvalue weighted by atomic mass is 16.5. The third kappa shape index (κ3) is 1.99. The molecule has 0 radical (unpaired) electrons. The van der Waals surface area contributed by atoms with Crippen molar-refractivity contribution in [2.45, 2.75) is 44.9 Å². The molecule has 1 aliphatic carbocycles. The first-order valence-electron chi connectivity index (χ1n) is 6.84. The number of hydrogen-bond acceptors (Lipinski definition) is 4. The number of hydrogen-bond donors (Lipinski definition) is 1. The van der Waals surface area contributed by atoms with Gasteiger partial charge in [-0.05, 0) is 37.8 Å². The molecule has 1 saturated heterocycles. The maximum Gasteiger partial charge on any atom is 0.129 e. The fraction of sp³-hybridized carbons (Fsp3) is 0.643. The Balaban J connectivity index is 1.87. The Morgan fingerprint density at radius 2 is 2.33 bits per heavy atom. The van der Waals surface area contributed by atoms with E-state index >= 15 is 0 Å². The van der Waals surface area contributed by atoms with E-state index in [0.717, 1.165) is 30.2 Å². The number of nitrogens with zero attached hydrogens (tertiary/aromatic N) is 2. The second-order valence-corrected chi connectivity index (χ2v) is 5.22. The maximum absolute atomic E-state index is 5.84. The van der Waals surface area contributed by atoms with Gasteiger partial charge in [0.1, 0.15) is 5.82 Å². The predicted molar refractivity (Wildman–Crippen MR) is 71.6 cm³/mol. The zero-order valence-electron chi connectivity index (χ0n) is 10.9. The van der Waals surface area contributed by atoms with Crippen molar-refractivity contribution >= 4 is 5.82 Å². The van der Waals surface area contributed by atoms with E-state index in [0.29, 0.717) is 18.7 Å². The Morgan fingerprint density at radius 3 is 3.11 bits per heavy atom. The molecule has 2 heterocycles. The number of aryl methyl sites for hydroxylation is 1. The van der Waals surface area contributed by atoms with Gasteiger partial charge in [0.2, 0.25) is 0 Å². The topological polar surface area (TPSA) is 51.4 Å². The first-order chi connectivity index (χ1) is 8.79. The van der Waals surface area contributed by atoms with Crippen molar-refractivity contribution in [1.82, 2.24) is 4.98 Å². The van der Waals surface area contributed by atoms with Crippen molar-refractivity contribution in [1.29, 1.82) is 0 Å². The quantitative estimate of drug-likeness (QED) is 0.862. The summed E-state index contributed by atoms with van der Waals surface area (Å²) in [5, 5.41) is 0. The van der Waals surface area contributed by atoms with Gasteiger partial charge < -0.3 is 15.4 Å². The highest BCUT2D eigenvalue weighted by Gasteiger charge is 2.36. The second-order valence-electron chi connectivity index (χ2n) is 5.22. The highest BCUT2D eigenvalue weighted by molar-refractivity contribution is 5.44. The predicted octanol–water partition coefficient (Wildman–Crippen LogP) is 1.61. The summed E-state index contributed by atoms with van der Waals surface area (Å²) in [4.78, 5) is 7.14. The summed E-state index contributed by atoms with van der Waals surface area (Å²) in [7, 11) is 0. The molecule has 4 heteroatoms. The van der Waals surface area contributed by atoms with Crippen LogP contribution in [0.4, 0.5) is 5.82 Å². The van der Waals surface area contributed by atoms with Crippen molar-refractivity contribution in [3.05, 3.63) is 23.4 Å². The number of fused-ring (bicyclic) bond motifs is 1. The number of anilines is 1. The Labute approximate surface area is 108 Å². The van der Waals surface area contributed by atoms with Gasteiger partial charge in [-0.15, -0.1) is 0 Å². The Hall–Kier alpha value is -1.13. The monoisotopic (exact) mass is 247 g/mol. The number of nitrogens with two attached hydrogens (primary N) is 1. The van der Waals surface area contributed by atoms with Gasteiger partial charge in [-0.1, -0.05) is 6.07 Å². The molecule has 1 aromatic heterocycles. The van der Waals surface area contributed by atoms with Crippen LogP contribution in [0.1, 0.15) is 30.5 Å². The van der Waals surface area contributed by atoms with Gasteiger partial charge in [-0.3, -0.25) is 0 Å². The van der Waals surface area contributed by atoms with Crippen molar-refractivity contribution in [3.63, 3.8) is 0 Å². The Morgan fingerprint density at radius 1 is 1.44 bits per heavy atom. The molecule has 3 rings (SSSR count). The summed E-state index contributed by atoms with van der Waals surface area (Å²) in [6, 6.07) is 4.74. The van der Waals surface area contributed by atoms with E-state index in [1.165, 1.54) is 19.3 Å². The van der Waals surface area contributed by atoms with Crippen LogP contribution < -0.4 is 10.6 Å².